The van der Waals surface area contributed by atoms with Gasteiger partial charge in [-0.25, -0.2) is 4.79 Å². The Morgan fingerprint density at radius 1 is 1.24 bits per heavy atom. The summed E-state index contributed by atoms with van der Waals surface area (Å²) in [6, 6.07) is 8.16. The highest BCUT2D eigenvalue weighted by Gasteiger charge is 2.25. The summed E-state index contributed by atoms with van der Waals surface area (Å²) < 4.78 is 15.8. The Labute approximate surface area is 146 Å². The van der Waals surface area contributed by atoms with Gasteiger partial charge in [0.15, 0.2) is 0 Å². The topological polar surface area (TPSA) is 89.1 Å². The predicted octanol–water partition coefficient (Wildman–Crippen LogP) is 2.26. The van der Waals surface area contributed by atoms with Gasteiger partial charge < -0.3 is 24.1 Å². The molecule has 6 nitrogen and oxygen atoms in total. The van der Waals surface area contributed by atoms with E-state index in [1.165, 1.54) is 6.07 Å². The molecule has 0 bridgehead atoms. The largest absolute Gasteiger partial charge is 0.490 e. The number of aliphatic hydroxyl groups excluding tert-OH is 2. The molecule has 6 heteroatoms. The van der Waals surface area contributed by atoms with E-state index in [0.29, 0.717) is 17.8 Å². The van der Waals surface area contributed by atoms with Crippen molar-refractivity contribution in [3.63, 3.8) is 0 Å². The average Bonchev–Trinajstić information content (AvgIpc) is 2.59. The molecule has 2 aromatic rings. The van der Waals surface area contributed by atoms with Gasteiger partial charge in [0.2, 0.25) is 0 Å². The maximum Gasteiger partial charge on any atom is 0.336 e. The Morgan fingerprint density at radius 2 is 1.96 bits per heavy atom. The molecule has 2 atom stereocenters. The molecule has 0 fully saturated rings. The molecule has 0 aliphatic heterocycles. The average molecular weight is 348 g/mol. The summed E-state index contributed by atoms with van der Waals surface area (Å²) in [5.41, 5.74) is -0.647. The molecule has 2 rings (SSSR count). The Hall–Kier alpha value is -2.15. The molecule has 0 radical (unpaired) electrons. The summed E-state index contributed by atoms with van der Waals surface area (Å²) in [6.07, 6.45) is 2.12. The second-order valence-electron chi connectivity index (χ2n) is 6.32. The molecule has 136 valence electrons. The second-order valence-corrected chi connectivity index (χ2v) is 6.32. The van der Waals surface area contributed by atoms with Crippen LogP contribution in [0.3, 0.4) is 0 Å². The third-order valence-corrected chi connectivity index (χ3v) is 4.06. The minimum Gasteiger partial charge on any atom is -0.490 e. The zero-order valence-electron chi connectivity index (χ0n) is 14.6. The number of ether oxygens (including phenoxy) is 2. The van der Waals surface area contributed by atoms with E-state index in [0.717, 1.165) is 5.39 Å². The number of benzene rings is 1. The first-order valence-electron chi connectivity index (χ1n) is 8.06. The van der Waals surface area contributed by atoms with E-state index in [4.69, 9.17) is 13.9 Å². The zero-order valence-corrected chi connectivity index (χ0v) is 14.6. The van der Waals surface area contributed by atoms with Crippen molar-refractivity contribution >= 4 is 11.0 Å². The van der Waals surface area contributed by atoms with Crippen molar-refractivity contribution in [2.45, 2.75) is 38.1 Å². The molecule has 0 saturated carbocycles. The van der Waals surface area contributed by atoms with Crippen LogP contribution in [0.2, 0.25) is 0 Å². The lowest BCUT2D eigenvalue weighted by Gasteiger charge is -2.28. The van der Waals surface area contributed by atoms with E-state index in [9.17, 15) is 15.0 Å². The molecule has 0 aliphatic rings. The van der Waals surface area contributed by atoms with Crippen LogP contribution in [-0.4, -0.2) is 41.7 Å². The fraction of sp³-hybridized carbons (Fsp3) is 0.421. The molecule has 2 N–H and O–H groups in total. The molecule has 0 amide bonds. The van der Waals surface area contributed by atoms with Gasteiger partial charge in [-0.05, 0) is 38.5 Å². The normalized spacial score (nSPS) is 14.8. The van der Waals surface area contributed by atoms with Gasteiger partial charge in [0, 0.05) is 24.6 Å². The van der Waals surface area contributed by atoms with Gasteiger partial charge in [0.05, 0.1) is 11.7 Å². The summed E-state index contributed by atoms with van der Waals surface area (Å²) in [4.78, 5) is 11.2. The van der Waals surface area contributed by atoms with Crippen molar-refractivity contribution < 1.29 is 24.1 Å². The summed E-state index contributed by atoms with van der Waals surface area (Å²) in [5, 5.41) is 20.7. The number of fused-ring (bicyclic) bond motifs is 1. The lowest BCUT2D eigenvalue weighted by atomic mass is 9.98. The van der Waals surface area contributed by atoms with Gasteiger partial charge in [0.1, 0.15) is 24.0 Å². The third-order valence-electron chi connectivity index (χ3n) is 4.06. The standard InChI is InChI=1S/C19H24O6/c1-19(2,23-3)17(21)6-4-5-14(20)12-24-15-9-7-13-8-10-18(22)25-16(13)11-15/h4-5,7-11,14,17,20-21H,6,12H2,1-3H3. The first-order chi connectivity index (χ1) is 11.8. The SMILES string of the molecule is COC(C)(C)C(O)CC=CC(O)COc1ccc2ccc(=O)oc2c1. The summed E-state index contributed by atoms with van der Waals surface area (Å²) in [6.45, 7) is 3.63. The van der Waals surface area contributed by atoms with Gasteiger partial charge in [-0.1, -0.05) is 12.2 Å². The van der Waals surface area contributed by atoms with Crippen molar-refractivity contribution in [1.82, 2.24) is 0 Å². The Bertz CT molecular complexity index is 777. The number of aliphatic hydroxyl groups is 2. The van der Waals surface area contributed by atoms with Crippen LogP contribution in [0.4, 0.5) is 0 Å². The first kappa shape index (κ1) is 19.2. The molecular weight excluding hydrogens is 324 g/mol. The molecule has 25 heavy (non-hydrogen) atoms. The molecule has 0 saturated heterocycles. The van der Waals surface area contributed by atoms with Crippen molar-refractivity contribution in [2.24, 2.45) is 0 Å². The van der Waals surface area contributed by atoms with Gasteiger partial charge in [0.25, 0.3) is 0 Å². The van der Waals surface area contributed by atoms with Crippen LogP contribution in [0.25, 0.3) is 11.0 Å². The number of hydrogen-bond acceptors (Lipinski definition) is 6. The fourth-order valence-electron chi connectivity index (χ4n) is 2.15. The highest BCUT2D eigenvalue weighted by molar-refractivity contribution is 5.77. The molecule has 1 aromatic heterocycles. The Kier molecular flexibility index (Phi) is 6.36. The summed E-state index contributed by atoms with van der Waals surface area (Å²) in [5.74, 6) is 0.495. The first-order valence-corrected chi connectivity index (χ1v) is 8.06. The third kappa shape index (κ3) is 5.42. The van der Waals surface area contributed by atoms with Crippen LogP contribution in [0.15, 0.2) is 51.7 Å². The van der Waals surface area contributed by atoms with Gasteiger partial charge in [-0.3, -0.25) is 0 Å². The smallest absolute Gasteiger partial charge is 0.336 e. The number of hydrogen-bond donors (Lipinski definition) is 2. The van der Waals surface area contributed by atoms with Crippen LogP contribution in [0.1, 0.15) is 20.3 Å². The lowest BCUT2D eigenvalue weighted by molar-refractivity contribution is -0.0755. The van der Waals surface area contributed by atoms with E-state index in [-0.39, 0.29) is 6.61 Å². The van der Waals surface area contributed by atoms with Crippen LogP contribution < -0.4 is 10.4 Å². The molecule has 2 unspecified atom stereocenters. The predicted molar refractivity (Wildman–Crippen MR) is 94.8 cm³/mol. The molecular formula is C19H24O6. The van der Waals surface area contributed by atoms with E-state index < -0.39 is 23.4 Å². The number of rotatable bonds is 8. The molecule has 1 heterocycles. The van der Waals surface area contributed by atoms with E-state index >= 15 is 0 Å². The van der Waals surface area contributed by atoms with Crippen molar-refractivity contribution in [1.29, 1.82) is 0 Å². The van der Waals surface area contributed by atoms with Crippen LogP contribution in [-0.2, 0) is 4.74 Å². The van der Waals surface area contributed by atoms with Gasteiger partial charge in [-0.15, -0.1) is 0 Å². The highest BCUT2D eigenvalue weighted by atomic mass is 16.5. The molecule has 0 aliphatic carbocycles. The van der Waals surface area contributed by atoms with Crippen LogP contribution >= 0.6 is 0 Å². The van der Waals surface area contributed by atoms with Gasteiger partial charge >= 0.3 is 5.63 Å². The monoisotopic (exact) mass is 348 g/mol. The Balaban J connectivity index is 1.88. The van der Waals surface area contributed by atoms with E-state index in [1.807, 2.05) is 0 Å². The minimum atomic E-state index is -0.823. The van der Waals surface area contributed by atoms with Crippen molar-refractivity contribution in [3.05, 3.63) is 52.9 Å². The number of methoxy groups -OCH3 is 1. The summed E-state index contributed by atoms with van der Waals surface area (Å²) in [7, 11) is 1.54. The van der Waals surface area contributed by atoms with E-state index in [2.05, 4.69) is 0 Å². The van der Waals surface area contributed by atoms with Crippen molar-refractivity contribution in [3.8, 4) is 5.75 Å². The summed E-state index contributed by atoms with van der Waals surface area (Å²) >= 11 is 0. The van der Waals surface area contributed by atoms with Gasteiger partial charge in [-0.2, -0.15) is 0 Å². The highest BCUT2D eigenvalue weighted by Crippen LogP contribution is 2.20. The Morgan fingerprint density at radius 3 is 2.68 bits per heavy atom. The van der Waals surface area contributed by atoms with E-state index in [1.54, 1.807) is 57.4 Å². The lowest BCUT2D eigenvalue weighted by Crippen LogP contribution is -2.37. The molecule has 1 aromatic carbocycles. The van der Waals surface area contributed by atoms with Crippen LogP contribution in [0, 0.1) is 0 Å². The fourth-order valence-corrected chi connectivity index (χ4v) is 2.15. The molecule has 0 spiro atoms. The van der Waals surface area contributed by atoms with Crippen LogP contribution in [0.5, 0.6) is 5.75 Å². The minimum absolute atomic E-state index is 0.0445. The zero-order chi connectivity index (χ0) is 18.4. The second kappa shape index (κ2) is 8.29. The maximum atomic E-state index is 11.2. The quantitative estimate of drug-likeness (QED) is 0.562. The maximum absolute atomic E-state index is 11.2. The van der Waals surface area contributed by atoms with Crippen molar-refractivity contribution in [2.75, 3.05) is 13.7 Å².